The monoisotopic (exact) mass is 331 g/mol. The predicted octanol–water partition coefficient (Wildman–Crippen LogP) is 2.71. The summed E-state index contributed by atoms with van der Waals surface area (Å²) in [6.07, 6.45) is 2.96. The van der Waals surface area contributed by atoms with Gasteiger partial charge in [-0.3, -0.25) is 9.59 Å². The first-order valence-electron chi connectivity index (χ1n) is 8.71. The van der Waals surface area contributed by atoms with Crippen molar-refractivity contribution in [3.05, 3.63) is 28.8 Å². The number of hydrogen-bond acceptors (Lipinski definition) is 3. The second-order valence-electron chi connectivity index (χ2n) is 7.08. The van der Waals surface area contributed by atoms with E-state index in [4.69, 9.17) is 9.84 Å². The lowest BCUT2D eigenvalue weighted by Gasteiger charge is -2.34. The molecule has 24 heavy (non-hydrogen) atoms. The molecule has 5 heteroatoms. The molecular formula is C19H25NO4. The first-order valence-corrected chi connectivity index (χ1v) is 8.71. The Labute approximate surface area is 142 Å². The molecule has 0 radical (unpaired) electrons. The van der Waals surface area contributed by atoms with Gasteiger partial charge >= 0.3 is 5.97 Å². The minimum absolute atomic E-state index is 0.0431. The zero-order valence-corrected chi connectivity index (χ0v) is 14.4. The van der Waals surface area contributed by atoms with Gasteiger partial charge in [0.05, 0.1) is 0 Å². The van der Waals surface area contributed by atoms with Gasteiger partial charge in [0.15, 0.2) is 6.10 Å². The quantitative estimate of drug-likeness (QED) is 0.921. The second kappa shape index (κ2) is 6.83. The van der Waals surface area contributed by atoms with Crippen LogP contribution in [0.25, 0.3) is 0 Å². The lowest BCUT2D eigenvalue weighted by molar-refractivity contribution is -0.140. The Morgan fingerprint density at radius 1 is 1.29 bits per heavy atom. The smallest absolute Gasteiger partial charge is 0.303 e. The number of carboxylic acids is 1. The molecule has 2 heterocycles. The molecule has 5 nitrogen and oxygen atoms in total. The molecule has 1 amide bonds. The first-order chi connectivity index (χ1) is 11.4. The van der Waals surface area contributed by atoms with E-state index in [0.29, 0.717) is 19.4 Å². The van der Waals surface area contributed by atoms with Crippen LogP contribution >= 0.6 is 0 Å². The third-order valence-electron chi connectivity index (χ3n) is 5.22. The van der Waals surface area contributed by atoms with Crippen molar-refractivity contribution in [2.45, 2.75) is 52.1 Å². The topological polar surface area (TPSA) is 66.8 Å². The molecule has 1 aromatic carbocycles. The van der Waals surface area contributed by atoms with E-state index in [-0.39, 0.29) is 18.2 Å². The molecule has 130 valence electrons. The maximum Gasteiger partial charge on any atom is 0.303 e. The van der Waals surface area contributed by atoms with Gasteiger partial charge < -0.3 is 14.7 Å². The number of nitrogens with zero attached hydrogens (tertiary/aromatic N) is 1. The fourth-order valence-corrected chi connectivity index (χ4v) is 3.68. The largest absolute Gasteiger partial charge is 0.481 e. The number of piperidine rings is 1. The summed E-state index contributed by atoms with van der Waals surface area (Å²) in [5.74, 6) is 0.392. The van der Waals surface area contributed by atoms with E-state index in [2.05, 4.69) is 13.0 Å². The van der Waals surface area contributed by atoms with Crippen LogP contribution in [0.5, 0.6) is 5.75 Å². The van der Waals surface area contributed by atoms with Crippen LogP contribution in [0.4, 0.5) is 0 Å². The molecule has 0 spiro atoms. The molecule has 1 saturated heterocycles. The van der Waals surface area contributed by atoms with E-state index in [1.807, 2.05) is 17.9 Å². The number of likely N-dealkylation sites (tertiary alicyclic amines) is 1. The molecule has 3 rings (SSSR count). The van der Waals surface area contributed by atoms with Crippen LogP contribution in [0.3, 0.4) is 0 Å². The molecule has 0 aromatic heterocycles. The van der Waals surface area contributed by atoms with Crippen molar-refractivity contribution in [2.75, 3.05) is 13.1 Å². The van der Waals surface area contributed by atoms with Gasteiger partial charge in [-0.15, -0.1) is 0 Å². The van der Waals surface area contributed by atoms with E-state index in [0.717, 1.165) is 30.7 Å². The lowest BCUT2D eigenvalue weighted by atomic mass is 9.93. The van der Waals surface area contributed by atoms with Crippen LogP contribution in [0.15, 0.2) is 12.1 Å². The number of amides is 1. The number of aliphatic carboxylic acids is 1. The van der Waals surface area contributed by atoms with Gasteiger partial charge in [0.1, 0.15) is 5.75 Å². The van der Waals surface area contributed by atoms with Gasteiger partial charge in [0.2, 0.25) is 0 Å². The fourth-order valence-electron chi connectivity index (χ4n) is 3.68. The van der Waals surface area contributed by atoms with Gasteiger partial charge in [-0.25, -0.2) is 0 Å². The number of hydrogen-bond donors (Lipinski definition) is 1. The fraction of sp³-hybridized carbons (Fsp3) is 0.579. The minimum atomic E-state index is -0.765. The lowest BCUT2D eigenvalue weighted by Crippen LogP contribution is -2.46. The van der Waals surface area contributed by atoms with Crippen molar-refractivity contribution in [3.63, 3.8) is 0 Å². The molecule has 0 saturated carbocycles. The molecule has 2 atom stereocenters. The number of benzene rings is 1. The standard InChI is InChI=1S/C19H25NO4/c1-12-8-15-10-17(24-16(15)9-13(12)2)19(23)20-7-3-4-14(11-20)5-6-18(21)22/h8-9,14,17H,3-7,10-11H2,1-2H3,(H,21,22)/t14-,17-/m1/s1. The number of aryl methyl sites for hydroxylation is 2. The number of ether oxygens (including phenoxy) is 1. The van der Waals surface area contributed by atoms with Crippen LogP contribution in [0, 0.1) is 19.8 Å². The molecule has 2 aliphatic heterocycles. The number of carbonyl (C=O) groups is 2. The Balaban J connectivity index is 1.62. The molecule has 2 aliphatic rings. The normalized spacial score (nSPS) is 22.8. The van der Waals surface area contributed by atoms with E-state index < -0.39 is 12.1 Å². The Morgan fingerprint density at radius 3 is 2.79 bits per heavy atom. The average Bonchev–Trinajstić information content (AvgIpc) is 2.95. The second-order valence-corrected chi connectivity index (χ2v) is 7.08. The van der Waals surface area contributed by atoms with E-state index in [1.54, 1.807) is 0 Å². The van der Waals surface area contributed by atoms with E-state index in [9.17, 15) is 9.59 Å². The zero-order chi connectivity index (χ0) is 17.3. The van der Waals surface area contributed by atoms with Crippen molar-refractivity contribution >= 4 is 11.9 Å². The van der Waals surface area contributed by atoms with Crippen LogP contribution in [-0.4, -0.2) is 41.1 Å². The van der Waals surface area contributed by atoms with Gasteiger partial charge in [0.25, 0.3) is 5.91 Å². The van der Waals surface area contributed by atoms with E-state index >= 15 is 0 Å². The third-order valence-corrected chi connectivity index (χ3v) is 5.22. The zero-order valence-electron chi connectivity index (χ0n) is 14.4. The molecule has 1 fully saturated rings. The first kappa shape index (κ1) is 16.8. The number of carbonyl (C=O) groups excluding carboxylic acids is 1. The minimum Gasteiger partial charge on any atom is -0.481 e. The highest BCUT2D eigenvalue weighted by molar-refractivity contribution is 5.83. The van der Waals surface area contributed by atoms with Gasteiger partial charge in [-0.1, -0.05) is 6.07 Å². The SMILES string of the molecule is Cc1cc2c(cc1C)O[C@@H](C(=O)N1CCC[C@H](CCC(=O)O)C1)C2. The van der Waals surface area contributed by atoms with Crippen molar-refractivity contribution in [1.29, 1.82) is 0 Å². The molecule has 0 aliphatic carbocycles. The number of rotatable bonds is 4. The van der Waals surface area contributed by atoms with Gasteiger partial charge in [-0.05, 0) is 61.8 Å². The molecular weight excluding hydrogens is 306 g/mol. The number of fused-ring (bicyclic) bond motifs is 1. The maximum absolute atomic E-state index is 12.8. The van der Waals surface area contributed by atoms with Crippen molar-refractivity contribution in [3.8, 4) is 5.75 Å². The van der Waals surface area contributed by atoms with E-state index in [1.165, 1.54) is 11.1 Å². The molecule has 1 aromatic rings. The average molecular weight is 331 g/mol. The molecule has 1 N–H and O–H groups in total. The Bertz CT molecular complexity index is 624. The summed E-state index contributed by atoms with van der Waals surface area (Å²) in [7, 11) is 0. The van der Waals surface area contributed by atoms with Gasteiger partial charge in [-0.2, -0.15) is 0 Å². The van der Waals surface area contributed by atoms with Crippen LogP contribution in [-0.2, 0) is 16.0 Å². The third kappa shape index (κ3) is 3.55. The highest BCUT2D eigenvalue weighted by Crippen LogP contribution is 2.33. The van der Waals surface area contributed by atoms with Crippen molar-refractivity contribution in [2.24, 2.45) is 5.92 Å². The van der Waals surface area contributed by atoms with Crippen molar-refractivity contribution < 1.29 is 19.4 Å². The summed E-state index contributed by atoms with van der Waals surface area (Å²) in [5, 5.41) is 8.84. The van der Waals surface area contributed by atoms with Gasteiger partial charge in [0, 0.05) is 25.9 Å². The molecule has 0 bridgehead atoms. The van der Waals surface area contributed by atoms with Crippen molar-refractivity contribution in [1.82, 2.24) is 4.90 Å². The maximum atomic E-state index is 12.8. The highest BCUT2D eigenvalue weighted by Gasteiger charge is 2.34. The Morgan fingerprint density at radius 2 is 2.04 bits per heavy atom. The molecule has 0 unspecified atom stereocenters. The summed E-state index contributed by atoms with van der Waals surface area (Å²) in [5.41, 5.74) is 3.50. The summed E-state index contributed by atoms with van der Waals surface area (Å²) in [6, 6.07) is 4.13. The predicted molar refractivity (Wildman–Crippen MR) is 90.2 cm³/mol. The highest BCUT2D eigenvalue weighted by atomic mass is 16.5. The summed E-state index contributed by atoms with van der Waals surface area (Å²) < 4.78 is 5.91. The van der Waals surface area contributed by atoms with Crippen LogP contribution < -0.4 is 4.74 Å². The Kier molecular flexibility index (Phi) is 4.78. The van der Waals surface area contributed by atoms with Crippen LogP contribution in [0.1, 0.15) is 42.4 Å². The summed E-state index contributed by atoms with van der Waals surface area (Å²) in [6.45, 7) is 5.52. The Hall–Kier alpha value is -2.04. The summed E-state index contributed by atoms with van der Waals surface area (Å²) >= 11 is 0. The van der Waals surface area contributed by atoms with Crippen LogP contribution in [0.2, 0.25) is 0 Å². The number of carboxylic acid groups (broad SMARTS) is 1. The summed E-state index contributed by atoms with van der Waals surface area (Å²) in [4.78, 5) is 25.4.